The molecule has 21 heavy (non-hydrogen) atoms. The van der Waals surface area contributed by atoms with Crippen molar-refractivity contribution in [1.82, 2.24) is 0 Å². The van der Waals surface area contributed by atoms with Crippen LogP contribution in [0.1, 0.15) is 15.9 Å². The first kappa shape index (κ1) is 14.4. The predicted octanol–water partition coefficient (Wildman–Crippen LogP) is 3.00. The molecule has 0 saturated carbocycles. The number of non-ortho nitro benzene ring substituents is 1. The quantitative estimate of drug-likeness (QED) is 0.516. The number of benzene rings is 2. The van der Waals surface area contributed by atoms with E-state index in [1.807, 2.05) is 0 Å². The molecule has 0 atom stereocenters. The molecule has 2 aromatic rings. The van der Waals surface area contributed by atoms with E-state index in [0.717, 1.165) is 18.2 Å². The van der Waals surface area contributed by atoms with E-state index >= 15 is 0 Å². The summed E-state index contributed by atoms with van der Waals surface area (Å²) >= 11 is 0. The third-order valence-electron chi connectivity index (χ3n) is 2.88. The first-order chi connectivity index (χ1) is 9.88. The molecule has 108 valence electrons. The van der Waals surface area contributed by atoms with Gasteiger partial charge in [-0.1, -0.05) is 6.07 Å². The third kappa shape index (κ3) is 3.14. The van der Waals surface area contributed by atoms with Crippen LogP contribution in [0.25, 0.3) is 0 Å². The molecule has 2 rings (SSSR count). The Hall–Kier alpha value is -2.96. The number of amides is 1. The molecule has 2 aromatic carbocycles. The minimum Gasteiger partial charge on any atom is -0.505 e. The monoisotopic (exact) mass is 290 g/mol. The van der Waals surface area contributed by atoms with Gasteiger partial charge in [-0.25, -0.2) is 4.39 Å². The van der Waals surface area contributed by atoms with Crippen molar-refractivity contribution >= 4 is 17.3 Å². The molecule has 6 nitrogen and oxygen atoms in total. The maximum Gasteiger partial charge on any atom is 0.270 e. The van der Waals surface area contributed by atoms with Crippen molar-refractivity contribution in [2.45, 2.75) is 6.92 Å². The molecule has 0 bridgehead atoms. The van der Waals surface area contributed by atoms with Crippen molar-refractivity contribution < 1.29 is 19.2 Å². The van der Waals surface area contributed by atoms with Gasteiger partial charge in [-0.05, 0) is 24.6 Å². The SMILES string of the molecule is Cc1ccc([N+](=O)[O-])cc1C(=O)Nc1ccc(O)c(F)c1. The largest absolute Gasteiger partial charge is 0.505 e. The summed E-state index contributed by atoms with van der Waals surface area (Å²) < 4.78 is 13.2. The first-order valence-corrected chi connectivity index (χ1v) is 5.93. The zero-order chi connectivity index (χ0) is 15.6. The summed E-state index contributed by atoms with van der Waals surface area (Å²) in [7, 11) is 0. The van der Waals surface area contributed by atoms with Crippen LogP contribution in [0.2, 0.25) is 0 Å². The number of nitrogens with one attached hydrogen (secondary N) is 1. The molecule has 0 aromatic heterocycles. The highest BCUT2D eigenvalue weighted by Crippen LogP contribution is 2.22. The zero-order valence-electron chi connectivity index (χ0n) is 11.0. The van der Waals surface area contributed by atoms with Crippen LogP contribution in [0.15, 0.2) is 36.4 Å². The number of hydrogen-bond donors (Lipinski definition) is 2. The molecule has 0 fully saturated rings. The fourth-order valence-corrected chi connectivity index (χ4v) is 1.75. The van der Waals surface area contributed by atoms with Gasteiger partial charge < -0.3 is 10.4 Å². The fourth-order valence-electron chi connectivity index (χ4n) is 1.75. The molecule has 0 saturated heterocycles. The zero-order valence-corrected chi connectivity index (χ0v) is 11.0. The third-order valence-corrected chi connectivity index (χ3v) is 2.88. The van der Waals surface area contributed by atoms with Gasteiger partial charge in [0.1, 0.15) is 0 Å². The van der Waals surface area contributed by atoms with E-state index in [4.69, 9.17) is 5.11 Å². The van der Waals surface area contributed by atoms with Gasteiger partial charge in [0.2, 0.25) is 0 Å². The Morgan fingerprint density at radius 2 is 2.00 bits per heavy atom. The molecule has 0 radical (unpaired) electrons. The lowest BCUT2D eigenvalue weighted by molar-refractivity contribution is -0.384. The second kappa shape index (κ2) is 5.58. The molecule has 0 aliphatic rings. The van der Waals surface area contributed by atoms with Gasteiger partial charge in [-0.15, -0.1) is 0 Å². The van der Waals surface area contributed by atoms with Crippen LogP contribution in [0.3, 0.4) is 0 Å². The molecule has 0 aliphatic heterocycles. The number of carbonyl (C=O) groups excluding carboxylic acids is 1. The van der Waals surface area contributed by atoms with Crippen LogP contribution in [-0.4, -0.2) is 15.9 Å². The number of anilines is 1. The summed E-state index contributed by atoms with van der Waals surface area (Å²) in [5.41, 5.74) is 0.610. The molecule has 0 unspecified atom stereocenters. The van der Waals surface area contributed by atoms with Crippen LogP contribution in [0.4, 0.5) is 15.8 Å². The van der Waals surface area contributed by atoms with Crippen LogP contribution < -0.4 is 5.32 Å². The van der Waals surface area contributed by atoms with E-state index in [0.29, 0.717) is 5.56 Å². The van der Waals surface area contributed by atoms with Crippen molar-refractivity contribution in [2.24, 2.45) is 0 Å². The molecule has 0 heterocycles. The minimum atomic E-state index is -0.872. The standard InChI is InChI=1S/C14H11FN2O4/c1-8-2-4-10(17(20)21)7-11(8)14(19)16-9-3-5-13(18)12(15)6-9/h2-7,18H,1H3,(H,16,19). The lowest BCUT2D eigenvalue weighted by Crippen LogP contribution is -2.13. The Kier molecular flexibility index (Phi) is 3.84. The number of rotatable bonds is 3. The number of phenols is 1. The predicted molar refractivity (Wildman–Crippen MR) is 73.9 cm³/mol. The summed E-state index contributed by atoms with van der Waals surface area (Å²) in [4.78, 5) is 22.2. The van der Waals surface area contributed by atoms with Crippen molar-refractivity contribution in [2.75, 3.05) is 5.32 Å². The van der Waals surface area contributed by atoms with Gasteiger partial charge >= 0.3 is 0 Å². The highest BCUT2D eigenvalue weighted by atomic mass is 19.1. The summed E-state index contributed by atoms with van der Waals surface area (Å²) in [6.07, 6.45) is 0. The number of nitro groups is 1. The average molecular weight is 290 g/mol. The first-order valence-electron chi connectivity index (χ1n) is 5.93. The molecule has 0 aliphatic carbocycles. The fraction of sp³-hybridized carbons (Fsp3) is 0.0714. The van der Waals surface area contributed by atoms with Gasteiger partial charge in [0.05, 0.1) is 4.92 Å². The Bertz CT molecular complexity index is 731. The van der Waals surface area contributed by atoms with Crippen LogP contribution >= 0.6 is 0 Å². The van der Waals surface area contributed by atoms with E-state index in [-0.39, 0.29) is 16.9 Å². The smallest absolute Gasteiger partial charge is 0.270 e. The van der Waals surface area contributed by atoms with Crippen molar-refractivity contribution in [3.05, 3.63) is 63.5 Å². The molecular weight excluding hydrogens is 279 g/mol. The van der Waals surface area contributed by atoms with Crippen LogP contribution in [-0.2, 0) is 0 Å². The lowest BCUT2D eigenvalue weighted by Gasteiger charge is -2.08. The Labute approximate surface area is 119 Å². The van der Waals surface area contributed by atoms with Crippen molar-refractivity contribution in [1.29, 1.82) is 0 Å². The van der Waals surface area contributed by atoms with Gasteiger partial charge in [-0.2, -0.15) is 0 Å². The van der Waals surface area contributed by atoms with Gasteiger partial charge in [-0.3, -0.25) is 14.9 Å². The number of phenolic OH excluding ortho intramolecular Hbond substituents is 1. The number of nitrogens with zero attached hydrogens (tertiary/aromatic N) is 1. The molecule has 7 heteroatoms. The number of aromatic hydroxyl groups is 1. The highest BCUT2D eigenvalue weighted by Gasteiger charge is 2.15. The molecule has 2 N–H and O–H groups in total. The second-order valence-electron chi connectivity index (χ2n) is 4.38. The lowest BCUT2D eigenvalue weighted by atomic mass is 10.1. The number of carbonyl (C=O) groups is 1. The van der Waals surface area contributed by atoms with Crippen LogP contribution in [0, 0.1) is 22.9 Å². The minimum absolute atomic E-state index is 0.123. The van der Waals surface area contributed by atoms with Gasteiger partial charge in [0, 0.05) is 29.4 Å². The van der Waals surface area contributed by atoms with E-state index in [2.05, 4.69) is 5.32 Å². The molecule has 1 amide bonds. The summed E-state index contributed by atoms with van der Waals surface area (Å²) in [5, 5.41) is 22.2. The Balaban J connectivity index is 2.29. The maximum atomic E-state index is 13.2. The Morgan fingerprint density at radius 3 is 2.62 bits per heavy atom. The highest BCUT2D eigenvalue weighted by molar-refractivity contribution is 6.05. The van der Waals surface area contributed by atoms with Gasteiger partial charge in [0.25, 0.3) is 11.6 Å². The number of nitro benzene ring substituents is 1. The summed E-state index contributed by atoms with van der Waals surface area (Å²) in [6, 6.07) is 7.30. The normalized spacial score (nSPS) is 10.2. The number of hydrogen-bond acceptors (Lipinski definition) is 4. The topological polar surface area (TPSA) is 92.5 Å². The number of aryl methyl sites for hydroxylation is 1. The summed E-state index contributed by atoms with van der Waals surface area (Å²) in [5.74, 6) is -2.00. The molecular formula is C14H11FN2O4. The van der Waals surface area contributed by atoms with E-state index < -0.39 is 22.4 Å². The average Bonchev–Trinajstić information content (AvgIpc) is 2.43. The van der Waals surface area contributed by atoms with E-state index in [9.17, 15) is 19.3 Å². The van der Waals surface area contributed by atoms with Gasteiger partial charge in [0.15, 0.2) is 11.6 Å². The maximum absolute atomic E-state index is 13.2. The van der Waals surface area contributed by atoms with Crippen molar-refractivity contribution in [3.8, 4) is 5.75 Å². The second-order valence-corrected chi connectivity index (χ2v) is 4.38. The number of halogens is 1. The summed E-state index contributed by atoms with van der Waals surface area (Å²) in [6.45, 7) is 1.63. The van der Waals surface area contributed by atoms with E-state index in [1.165, 1.54) is 18.2 Å². The Morgan fingerprint density at radius 1 is 1.29 bits per heavy atom. The van der Waals surface area contributed by atoms with Crippen LogP contribution in [0.5, 0.6) is 5.75 Å². The van der Waals surface area contributed by atoms with E-state index in [1.54, 1.807) is 6.92 Å². The van der Waals surface area contributed by atoms with Crippen molar-refractivity contribution in [3.63, 3.8) is 0 Å². The molecule has 0 spiro atoms.